The molecule has 0 radical (unpaired) electrons. The number of carbonyl (C=O) groups excluding carboxylic acids is 1. The SMILES string of the molecule is Cc1nnc(-c2cn(Cc3ccc(F)cc3)cc(C(=O)Cc3ccc(-c4cc(-c5cnn(C[C@H]6COCCO6)c5)cnc4N)cc3)c2=O)o1. The average molecular weight is 662 g/mol. The highest BCUT2D eigenvalue weighted by molar-refractivity contribution is 5.98. The van der Waals surface area contributed by atoms with E-state index in [1.165, 1.54) is 18.3 Å². The van der Waals surface area contributed by atoms with Crippen LogP contribution in [0, 0.1) is 12.7 Å². The third kappa shape index (κ3) is 7.22. The number of hydrogen-bond acceptors (Lipinski definition) is 10. The van der Waals surface area contributed by atoms with Crippen LogP contribution in [0.3, 0.4) is 0 Å². The van der Waals surface area contributed by atoms with Gasteiger partial charge in [-0.05, 0) is 34.9 Å². The van der Waals surface area contributed by atoms with Crippen LogP contribution < -0.4 is 11.2 Å². The van der Waals surface area contributed by atoms with Crippen molar-refractivity contribution in [1.82, 2.24) is 29.5 Å². The van der Waals surface area contributed by atoms with Crippen LogP contribution in [0.1, 0.15) is 27.4 Å². The van der Waals surface area contributed by atoms with Crippen molar-refractivity contribution in [2.45, 2.75) is 32.5 Å². The maximum Gasteiger partial charge on any atom is 0.253 e. The van der Waals surface area contributed by atoms with Crippen LogP contribution in [0.15, 0.2) is 94.8 Å². The zero-order valence-corrected chi connectivity index (χ0v) is 26.6. The number of aryl methyl sites for hydroxylation is 1. The molecule has 0 spiro atoms. The fourth-order valence-electron chi connectivity index (χ4n) is 5.69. The van der Waals surface area contributed by atoms with E-state index in [-0.39, 0.29) is 53.6 Å². The van der Waals surface area contributed by atoms with Gasteiger partial charge in [-0.15, -0.1) is 10.2 Å². The van der Waals surface area contributed by atoms with E-state index in [1.54, 1.807) is 42.2 Å². The van der Waals surface area contributed by atoms with Gasteiger partial charge in [0.2, 0.25) is 11.3 Å². The lowest BCUT2D eigenvalue weighted by Gasteiger charge is -2.22. The van der Waals surface area contributed by atoms with Crippen LogP contribution in [-0.2, 0) is 29.0 Å². The van der Waals surface area contributed by atoms with E-state index in [0.29, 0.717) is 37.7 Å². The molecule has 5 heterocycles. The second-order valence-electron chi connectivity index (χ2n) is 11.8. The Balaban J connectivity index is 1.11. The first kappa shape index (κ1) is 31.8. The number of Topliss-reactive ketones (excluding diaryl/α,β-unsaturated/α-hetero) is 1. The second kappa shape index (κ2) is 13.7. The number of nitrogen functional groups attached to an aromatic ring is 1. The minimum absolute atomic E-state index is 0.0166. The number of nitrogens with zero attached hydrogens (tertiary/aromatic N) is 6. The number of hydrogen-bond donors (Lipinski definition) is 1. The number of benzene rings is 2. The van der Waals surface area contributed by atoms with Gasteiger partial charge >= 0.3 is 0 Å². The molecule has 13 heteroatoms. The highest BCUT2D eigenvalue weighted by Crippen LogP contribution is 2.30. The van der Waals surface area contributed by atoms with Crippen LogP contribution >= 0.6 is 0 Å². The fourth-order valence-corrected chi connectivity index (χ4v) is 5.69. The molecular weight excluding hydrogens is 629 g/mol. The van der Waals surface area contributed by atoms with Crippen molar-refractivity contribution in [3.8, 4) is 33.7 Å². The predicted molar refractivity (Wildman–Crippen MR) is 178 cm³/mol. The van der Waals surface area contributed by atoms with Gasteiger partial charge < -0.3 is 24.2 Å². The third-order valence-corrected chi connectivity index (χ3v) is 8.20. The minimum atomic E-state index is -0.515. The van der Waals surface area contributed by atoms with Gasteiger partial charge in [0, 0.05) is 61.4 Å². The lowest BCUT2D eigenvalue weighted by molar-refractivity contribution is -0.0946. The highest BCUT2D eigenvalue weighted by Gasteiger charge is 2.21. The molecule has 0 saturated carbocycles. The molecule has 1 aliphatic rings. The monoisotopic (exact) mass is 661 g/mol. The molecule has 0 bridgehead atoms. The summed E-state index contributed by atoms with van der Waals surface area (Å²) in [6.07, 6.45) is 8.41. The number of halogens is 1. The predicted octanol–water partition coefficient (Wildman–Crippen LogP) is 4.74. The van der Waals surface area contributed by atoms with E-state index in [1.807, 2.05) is 41.2 Å². The van der Waals surface area contributed by atoms with Gasteiger partial charge in [-0.1, -0.05) is 36.4 Å². The molecule has 1 saturated heterocycles. The van der Waals surface area contributed by atoms with Gasteiger partial charge in [0.1, 0.15) is 23.3 Å². The summed E-state index contributed by atoms with van der Waals surface area (Å²) < 4.78 is 33.8. The summed E-state index contributed by atoms with van der Waals surface area (Å²) in [4.78, 5) is 31.6. The first-order chi connectivity index (χ1) is 23.8. The van der Waals surface area contributed by atoms with Crippen molar-refractivity contribution < 1.29 is 23.1 Å². The molecule has 2 N–H and O–H groups in total. The number of aromatic nitrogens is 6. The first-order valence-electron chi connectivity index (χ1n) is 15.7. The molecular formula is C36H32FN7O5. The second-order valence-corrected chi connectivity index (χ2v) is 11.8. The van der Waals surface area contributed by atoms with Gasteiger partial charge in [-0.2, -0.15) is 5.10 Å². The topological polar surface area (TPSA) is 153 Å². The smallest absolute Gasteiger partial charge is 0.253 e. The van der Waals surface area contributed by atoms with Gasteiger partial charge in [0.15, 0.2) is 5.78 Å². The molecule has 0 unspecified atom stereocenters. The van der Waals surface area contributed by atoms with Gasteiger partial charge in [0.05, 0.1) is 38.1 Å². The molecule has 1 aliphatic heterocycles. The molecule has 7 rings (SSSR count). The zero-order valence-electron chi connectivity index (χ0n) is 26.6. The average Bonchev–Trinajstić information content (AvgIpc) is 3.76. The Morgan fingerprint density at radius 3 is 2.47 bits per heavy atom. The van der Waals surface area contributed by atoms with Crippen molar-refractivity contribution in [3.05, 3.63) is 124 Å². The number of ether oxygens (including phenoxy) is 2. The van der Waals surface area contributed by atoms with E-state index in [0.717, 1.165) is 27.8 Å². The summed E-state index contributed by atoms with van der Waals surface area (Å²) in [6.45, 7) is 4.20. The summed E-state index contributed by atoms with van der Waals surface area (Å²) in [5, 5.41) is 12.3. The van der Waals surface area contributed by atoms with E-state index >= 15 is 0 Å². The minimum Gasteiger partial charge on any atom is -0.421 e. The first-order valence-corrected chi connectivity index (χ1v) is 15.7. The molecule has 1 fully saturated rings. The molecule has 2 aromatic carbocycles. The van der Waals surface area contributed by atoms with Crippen LogP contribution in [0.4, 0.5) is 10.2 Å². The lowest BCUT2D eigenvalue weighted by atomic mass is 9.98. The lowest BCUT2D eigenvalue weighted by Crippen LogP contribution is -2.32. The fraction of sp³-hybridized carbons (Fsp3) is 0.222. The molecule has 0 amide bonds. The van der Waals surface area contributed by atoms with Crippen molar-refractivity contribution in [2.75, 3.05) is 25.6 Å². The largest absolute Gasteiger partial charge is 0.421 e. The Kier molecular flexibility index (Phi) is 8.92. The Bertz CT molecular complexity index is 2170. The van der Waals surface area contributed by atoms with Crippen molar-refractivity contribution >= 4 is 11.6 Å². The number of carbonyl (C=O) groups is 1. The molecule has 248 valence electrons. The molecule has 1 atom stereocenters. The maximum atomic E-state index is 13.6. The van der Waals surface area contributed by atoms with E-state index < -0.39 is 5.43 Å². The summed E-state index contributed by atoms with van der Waals surface area (Å²) in [6, 6.07) is 15.3. The van der Waals surface area contributed by atoms with Crippen molar-refractivity contribution in [2.24, 2.45) is 0 Å². The summed E-state index contributed by atoms with van der Waals surface area (Å²) in [7, 11) is 0. The number of pyridine rings is 2. The number of anilines is 1. The zero-order chi connectivity index (χ0) is 33.9. The van der Waals surface area contributed by atoms with E-state index in [2.05, 4.69) is 20.3 Å². The Hall–Kier alpha value is -5.79. The van der Waals surface area contributed by atoms with Crippen LogP contribution in [-0.4, -0.2) is 61.2 Å². The van der Waals surface area contributed by atoms with Gasteiger partial charge in [-0.3, -0.25) is 14.3 Å². The highest BCUT2D eigenvalue weighted by atomic mass is 19.1. The molecule has 49 heavy (non-hydrogen) atoms. The molecule has 6 aromatic rings. The number of rotatable bonds is 10. The number of nitrogens with two attached hydrogens (primary N) is 1. The van der Waals surface area contributed by atoms with Crippen LogP contribution in [0.2, 0.25) is 0 Å². The quantitative estimate of drug-likeness (QED) is 0.204. The summed E-state index contributed by atoms with van der Waals surface area (Å²) >= 11 is 0. The van der Waals surface area contributed by atoms with Gasteiger partial charge in [0.25, 0.3) is 5.89 Å². The van der Waals surface area contributed by atoms with Crippen LogP contribution in [0.25, 0.3) is 33.7 Å². The maximum absolute atomic E-state index is 13.6. The van der Waals surface area contributed by atoms with Crippen molar-refractivity contribution in [3.63, 3.8) is 0 Å². The molecule has 0 aliphatic carbocycles. The van der Waals surface area contributed by atoms with E-state index in [4.69, 9.17) is 19.6 Å². The normalized spacial score (nSPS) is 14.6. The Morgan fingerprint density at radius 2 is 1.73 bits per heavy atom. The van der Waals surface area contributed by atoms with E-state index in [9.17, 15) is 14.0 Å². The Labute approximate surface area is 280 Å². The third-order valence-electron chi connectivity index (χ3n) is 8.20. The summed E-state index contributed by atoms with van der Waals surface area (Å²) in [5.41, 5.74) is 10.6. The standard InChI is InChI=1S/C36H32FN7O5/c1-22-41-42-36(49-22)32-20-43(16-24-4-8-28(37)9-5-24)19-31(34(32)46)33(45)12-23-2-6-25(7-3-23)30-13-26(14-39-35(30)38)27-15-40-44(17-27)18-29-21-47-10-11-48-29/h2-9,13-15,17,19-20,29H,10-12,16,18,21H2,1H3,(H2,38,39)/t29-/m0/s1. The Morgan fingerprint density at radius 1 is 0.939 bits per heavy atom. The molecule has 12 nitrogen and oxygen atoms in total. The molecule has 4 aromatic heterocycles. The number of ketones is 1. The summed E-state index contributed by atoms with van der Waals surface area (Å²) in [5.74, 6) is -0.0731. The van der Waals surface area contributed by atoms with Gasteiger partial charge in [-0.25, -0.2) is 9.37 Å². The van der Waals surface area contributed by atoms with Crippen molar-refractivity contribution in [1.29, 1.82) is 0 Å². The van der Waals surface area contributed by atoms with Crippen LogP contribution in [0.5, 0.6) is 0 Å².